The summed E-state index contributed by atoms with van der Waals surface area (Å²) in [5.41, 5.74) is 9.19. The van der Waals surface area contributed by atoms with Crippen molar-refractivity contribution in [2.45, 2.75) is 50.7 Å². The number of nitrogens with two attached hydrogens (primary N) is 1. The Labute approximate surface area is 110 Å². The summed E-state index contributed by atoms with van der Waals surface area (Å²) >= 11 is 0. The fraction of sp³-hybridized carbons (Fsp3) is 0.625. The number of hydrogen-bond acceptors (Lipinski definition) is 2. The van der Waals surface area contributed by atoms with E-state index in [4.69, 9.17) is 10.5 Å². The van der Waals surface area contributed by atoms with Crippen molar-refractivity contribution in [3.8, 4) is 0 Å². The van der Waals surface area contributed by atoms with Crippen molar-refractivity contribution < 1.29 is 4.74 Å². The van der Waals surface area contributed by atoms with Gasteiger partial charge in [0.05, 0.1) is 6.10 Å². The smallest absolute Gasteiger partial charge is 0.0576 e. The molecule has 2 nitrogen and oxygen atoms in total. The molecule has 3 atom stereocenters. The highest BCUT2D eigenvalue weighted by atomic mass is 16.5. The largest absolute Gasteiger partial charge is 0.378 e. The van der Waals surface area contributed by atoms with Crippen LogP contribution in [0.5, 0.6) is 0 Å². The zero-order chi connectivity index (χ0) is 12.4. The maximum Gasteiger partial charge on any atom is 0.0576 e. The summed E-state index contributed by atoms with van der Waals surface area (Å²) < 4.78 is 5.68. The van der Waals surface area contributed by atoms with Crippen LogP contribution in [0.3, 0.4) is 0 Å². The van der Waals surface area contributed by atoms with Crippen LogP contribution in [0.4, 0.5) is 0 Å². The van der Waals surface area contributed by atoms with Gasteiger partial charge in [0.15, 0.2) is 0 Å². The lowest BCUT2D eigenvalue weighted by atomic mass is 9.94. The fourth-order valence-corrected chi connectivity index (χ4v) is 3.47. The minimum Gasteiger partial charge on any atom is -0.378 e. The quantitative estimate of drug-likeness (QED) is 0.884. The third-order valence-corrected chi connectivity index (χ3v) is 4.53. The second-order valence-corrected chi connectivity index (χ2v) is 5.75. The lowest BCUT2D eigenvalue weighted by Gasteiger charge is -2.17. The monoisotopic (exact) mass is 245 g/mol. The molecular formula is C16H23NO. The molecule has 0 aromatic heterocycles. The van der Waals surface area contributed by atoms with Crippen LogP contribution in [0.2, 0.25) is 0 Å². The van der Waals surface area contributed by atoms with Crippen molar-refractivity contribution in [1.82, 2.24) is 0 Å². The third kappa shape index (κ3) is 2.45. The molecule has 3 rings (SSSR count). The fourth-order valence-electron chi connectivity index (χ4n) is 3.47. The van der Waals surface area contributed by atoms with Crippen LogP contribution in [-0.2, 0) is 11.2 Å². The van der Waals surface area contributed by atoms with Crippen LogP contribution >= 0.6 is 0 Å². The number of benzene rings is 1. The highest BCUT2D eigenvalue weighted by Crippen LogP contribution is 2.37. The Morgan fingerprint density at radius 1 is 1.22 bits per heavy atom. The molecule has 1 saturated heterocycles. The van der Waals surface area contributed by atoms with E-state index >= 15 is 0 Å². The Bertz CT molecular complexity index is 398. The molecular weight excluding hydrogens is 222 g/mol. The molecule has 1 aliphatic heterocycles. The van der Waals surface area contributed by atoms with Crippen molar-refractivity contribution >= 4 is 0 Å². The van der Waals surface area contributed by atoms with Gasteiger partial charge in [0.1, 0.15) is 0 Å². The summed E-state index contributed by atoms with van der Waals surface area (Å²) in [6.45, 7) is 0.971. The number of hydrogen-bond donors (Lipinski definition) is 1. The molecule has 0 spiro atoms. The topological polar surface area (TPSA) is 35.2 Å². The molecule has 0 radical (unpaired) electrons. The molecule has 3 unspecified atom stereocenters. The van der Waals surface area contributed by atoms with Crippen LogP contribution in [0.15, 0.2) is 24.3 Å². The maximum atomic E-state index is 6.35. The van der Waals surface area contributed by atoms with Gasteiger partial charge in [-0.1, -0.05) is 30.7 Å². The van der Waals surface area contributed by atoms with Gasteiger partial charge in [-0.2, -0.15) is 0 Å². The van der Waals surface area contributed by atoms with E-state index in [-0.39, 0.29) is 6.04 Å². The zero-order valence-corrected chi connectivity index (χ0v) is 11.0. The summed E-state index contributed by atoms with van der Waals surface area (Å²) in [5.74, 6) is 0.642. The van der Waals surface area contributed by atoms with Crippen molar-refractivity contribution in [3.05, 3.63) is 35.4 Å². The average molecular weight is 245 g/mol. The number of rotatable bonds is 4. The first-order valence-electron chi connectivity index (χ1n) is 7.29. The molecule has 1 fully saturated rings. The van der Waals surface area contributed by atoms with Gasteiger partial charge >= 0.3 is 0 Å². The summed E-state index contributed by atoms with van der Waals surface area (Å²) in [5, 5.41) is 0. The minimum absolute atomic E-state index is 0.255. The predicted octanol–water partition coefficient (Wildman–Crippen LogP) is 3.21. The van der Waals surface area contributed by atoms with Crippen LogP contribution in [0, 0.1) is 5.92 Å². The molecule has 2 aliphatic rings. The summed E-state index contributed by atoms with van der Waals surface area (Å²) in [6, 6.07) is 8.91. The van der Waals surface area contributed by atoms with Crippen molar-refractivity contribution in [2.24, 2.45) is 11.7 Å². The standard InChI is InChI=1S/C16H23NO/c17-16-13(6-3-7-14-8-4-10-18-14)11-12-5-1-2-9-15(12)16/h1-2,5,9,13-14,16H,3-4,6-8,10-11,17H2. The van der Waals surface area contributed by atoms with Gasteiger partial charge in [-0.15, -0.1) is 0 Å². The molecule has 2 N–H and O–H groups in total. The molecule has 0 saturated carbocycles. The van der Waals surface area contributed by atoms with E-state index in [1.165, 1.54) is 49.7 Å². The molecule has 0 bridgehead atoms. The first kappa shape index (κ1) is 12.2. The summed E-state index contributed by atoms with van der Waals surface area (Å²) in [7, 11) is 0. The molecule has 98 valence electrons. The van der Waals surface area contributed by atoms with Crippen molar-refractivity contribution in [1.29, 1.82) is 0 Å². The maximum absolute atomic E-state index is 6.35. The van der Waals surface area contributed by atoms with E-state index in [0.717, 1.165) is 6.61 Å². The van der Waals surface area contributed by atoms with Crippen LogP contribution in [-0.4, -0.2) is 12.7 Å². The minimum atomic E-state index is 0.255. The first-order chi connectivity index (χ1) is 8.84. The lowest BCUT2D eigenvalue weighted by Crippen LogP contribution is -2.17. The molecule has 1 aromatic carbocycles. The van der Waals surface area contributed by atoms with Gasteiger partial charge in [-0.3, -0.25) is 0 Å². The predicted molar refractivity (Wildman–Crippen MR) is 73.4 cm³/mol. The third-order valence-electron chi connectivity index (χ3n) is 4.53. The van der Waals surface area contributed by atoms with E-state index in [0.29, 0.717) is 12.0 Å². The Morgan fingerprint density at radius 3 is 2.89 bits per heavy atom. The van der Waals surface area contributed by atoms with Gasteiger partial charge in [0.2, 0.25) is 0 Å². The highest BCUT2D eigenvalue weighted by Gasteiger charge is 2.29. The Hall–Kier alpha value is -0.860. The molecule has 1 aliphatic carbocycles. The van der Waals surface area contributed by atoms with Gasteiger partial charge in [0, 0.05) is 12.6 Å². The van der Waals surface area contributed by atoms with Gasteiger partial charge < -0.3 is 10.5 Å². The van der Waals surface area contributed by atoms with Gasteiger partial charge in [0.25, 0.3) is 0 Å². The average Bonchev–Trinajstić information content (AvgIpc) is 3.00. The van der Waals surface area contributed by atoms with Crippen LogP contribution in [0.25, 0.3) is 0 Å². The molecule has 1 aromatic rings. The van der Waals surface area contributed by atoms with Crippen molar-refractivity contribution in [3.63, 3.8) is 0 Å². The normalized spacial score (nSPS) is 30.6. The Kier molecular flexibility index (Phi) is 3.67. The first-order valence-corrected chi connectivity index (χ1v) is 7.29. The van der Waals surface area contributed by atoms with E-state index < -0.39 is 0 Å². The highest BCUT2D eigenvalue weighted by molar-refractivity contribution is 5.35. The number of fused-ring (bicyclic) bond motifs is 1. The molecule has 2 heteroatoms. The van der Waals surface area contributed by atoms with E-state index in [2.05, 4.69) is 24.3 Å². The molecule has 18 heavy (non-hydrogen) atoms. The van der Waals surface area contributed by atoms with E-state index in [1.807, 2.05) is 0 Å². The molecule has 0 amide bonds. The van der Waals surface area contributed by atoms with E-state index in [1.54, 1.807) is 0 Å². The van der Waals surface area contributed by atoms with Gasteiger partial charge in [-0.05, 0) is 49.1 Å². The van der Waals surface area contributed by atoms with E-state index in [9.17, 15) is 0 Å². The van der Waals surface area contributed by atoms with Crippen LogP contribution < -0.4 is 5.73 Å². The SMILES string of the molecule is NC1c2ccccc2CC1CCCC1CCCO1. The van der Waals surface area contributed by atoms with Gasteiger partial charge in [-0.25, -0.2) is 0 Å². The number of ether oxygens (including phenoxy) is 1. The Morgan fingerprint density at radius 2 is 2.11 bits per heavy atom. The summed E-state index contributed by atoms with van der Waals surface area (Å²) in [6.07, 6.45) is 7.94. The lowest BCUT2D eigenvalue weighted by molar-refractivity contribution is 0.100. The van der Waals surface area contributed by atoms with Crippen molar-refractivity contribution in [2.75, 3.05) is 6.61 Å². The second kappa shape index (κ2) is 5.41. The Balaban J connectivity index is 1.50. The molecule has 1 heterocycles. The van der Waals surface area contributed by atoms with Crippen LogP contribution in [0.1, 0.15) is 49.3 Å². The second-order valence-electron chi connectivity index (χ2n) is 5.75. The summed E-state index contributed by atoms with van der Waals surface area (Å²) in [4.78, 5) is 0. The zero-order valence-electron chi connectivity index (χ0n) is 11.0.